The van der Waals surface area contributed by atoms with Crippen molar-refractivity contribution in [3.63, 3.8) is 0 Å². The van der Waals surface area contributed by atoms with E-state index in [2.05, 4.69) is 11.4 Å². The molecule has 0 radical (unpaired) electrons. The van der Waals surface area contributed by atoms with Gasteiger partial charge in [0.05, 0.1) is 0 Å². The van der Waals surface area contributed by atoms with Crippen LogP contribution in [-0.4, -0.2) is 5.78 Å². The molecule has 0 spiro atoms. The summed E-state index contributed by atoms with van der Waals surface area (Å²) in [5, 5.41) is 3.26. The fraction of sp³-hybridized carbons (Fsp3) is 0.364. The first-order valence-corrected chi connectivity index (χ1v) is 4.67. The Hall–Kier alpha value is -1.15. The van der Waals surface area contributed by atoms with Crippen molar-refractivity contribution in [1.29, 1.82) is 0 Å². The molecule has 68 valence electrons. The molecule has 1 aromatic carbocycles. The third kappa shape index (κ3) is 1.49. The molecule has 1 aromatic rings. The minimum absolute atomic E-state index is 0.231. The second-order valence-corrected chi connectivity index (χ2v) is 3.36. The molecule has 1 aliphatic heterocycles. The van der Waals surface area contributed by atoms with Gasteiger partial charge >= 0.3 is 0 Å². The SMILES string of the molecule is CCC(=O)c1ccc2c(c1)CNC2. The molecule has 1 N–H and O–H groups in total. The van der Waals surface area contributed by atoms with Crippen molar-refractivity contribution < 1.29 is 4.79 Å². The number of hydrogen-bond donors (Lipinski definition) is 1. The smallest absolute Gasteiger partial charge is 0.162 e. The highest BCUT2D eigenvalue weighted by molar-refractivity contribution is 5.96. The molecule has 0 aliphatic carbocycles. The molecule has 2 rings (SSSR count). The summed E-state index contributed by atoms with van der Waals surface area (Å²) in [4.78, 5) is 11.4. The van der Waals surface area contributed by atoms with E-state index in [-0.39, 0.29) is 5.78 Å². The molecule has 0 amide bonds. The molecule has 2 nitrogen and oxygen atoms in total. The van der Waals surface area contributed by atoms with Gasteiger partial charge in [-0.3, -0.25) is 4.79 Å². The van der Waals surface area contributed by atoms with E-state index in [4.69, 9.17) is 0 Å². The third-order valence-electron chi connectivity index (χ3n) is 2.48. The first-order valence-electron chi connectivity index (χ1n) is 4.67. The Morgan fingerprint density at radius 2 is 2.15 bits per heavy atom. The number of fused-ring (bicyclic) bond motifs is 1. The average Bonchev–Trinajstić information content (AvgIpc) is 2.63. The summed E-state index contributed by atoms with van der Waals surface area (Å²) < 4.78 is 0. The number of ketones is 1. The topological polar surface area (TPSA) is 29.1 Å². The fourth-order valence-corrected chi connectivity index (χ4v) is 1.67. The van der Waals surface area contributed by atoms with Crippen LogP contribution in [0, 0.1) is 0 Å². The number of Topliss-reactive ketones (excluding diaryl/α,β-unsaturated/α-hetero) is 1. The van der Waals surface area contributed by atoms with Crippen LogP contribution in [0.3, 0.4) is 0 Å². The summed E-state index contributed by atoms with van der Waals surface area (Å²) in [6.45, 7) is 3.74. The minimum Gasteiger partial charge on any atom is -0.309 e. The third-order valence-corrected chi connectivity index (χ3v) is 2.48. The molecule has 0 fully saturated rings. The summed E-state index contributed by atoms with van der Waals surface area (Å²) in [5.74, 6) is 0.231. The zero-order valence-electron chi connectivity index (χ0n) is 7.76. The molecule has 0 saturated heterocycles. The molecule has 13 heavy (non-hydrogen) atoms. The van der Waals surface area contributed by atoms with Gasteiger partial charge in [-0.15, -0.1) is 0 Å². The first kappa shape index (κ1) is 8.45. The van der Waals surface area contributed by atoms with Gasteiger partial charge in [-0.1, -0.05) is 19.1 Å². The maximum absolute atomic E-state index is 11.4. The van der Waals surface area contributed by atoms with Crippen LogP contribution in [0.25, 0.3) is 0 Å². The number of benzene rings is 1. The van der Waals surface area contributed by atoms with Crippen LogP contribution in [0.1, 0.15) is 34.8 Å². The molecule has 1 heterocycles. The lowest BCUT2D eigenvalue weighted by atomic mass is 10.0. The van der Waals surface area contributed by atoms with Gasteiger partial charge in [0, 0.05) is 25.1 Å². The van der Waals surface area contributed by atoms with Crippen molar-refractivity contribution in [2.75, 3.05) is 0 Å². The minimum atomic E-state index is 0.231. The summed E-state index contributed by atoms with van der Waals surface area (Å²) in [6, 6.07) is 6.00. The lowest BCUT2D eigenvalue weighted by Crippen LogP contribution is -2.00. The first-order chi connectivity index (χ1) is 6.31. The van der Waals surface area contributed by atoms with Gasteiger partial charge in [-0.05, 0) is 17.2 Å². The Morgan fingerprint density at radius 3 is 2.92 bits per heavy atom. The summed E-state index contributed by atoms with van der Waals surface area (Å²) in [6.07, 6.45) is 0.589. The lowest BCUT2D eigenvalue weighted by molar-refractivity contribution is 0.0988. The Labute approximate surface area is 78.0 Å². The zero-order valence-corrected chi connectivity index (χ0v) is 7.76. The van der Waals surface area contributed by atoms with Gasteiger partial charge in [0.15, 0.2) is 5.78 Å². The highest BCUT2D eigenvalue weighted by Crippen LogP contribution is 2.17. The Morgan fingerprint density at radius 1 is 1.38 bits per heavy atom. The number of carbonyl (C=O) groups is 1. The second kappa shape index (κ2) is 3.30. The van der Waals surface area contributed by atoms with E-state index in [1.807, 2.05) is 19.1 Å². The molecule has 0 atom stereocenters. The van der Waals surface area contributed by atoms with Crippen LogP contribution in [0.15, 0.2) is 18.2 Å². The molecule has 2 heteroatoms. The van der Waals surface area contributed by atoms with Gasteiger partial charge < -0.3 is 5.32 Å². The molecular weight excluding hydrogens is 162 g/mol. The average molecular weight is 175 g/mol. The number of nitrogens with one attached hydrogen (secondary N) is 1. The summed E-state index contributed by atoms with van der Waals surface area (Å²) >= 11 is 0. The molecule has 0 unspecified atom stereocenters. The van der Waals surface area contributed by atoms with Crippen LogP contribution < -0.4 is 5.32 Å². The predicted molar refractivity (Wildman–Crippen MR) is 51.6 cm³/mol. The van der Waals surface area contributed by atoms with Crippen molar-refractivity contribution in [2.45, 2.75) is 26.4 Å². The van der Waals surface area contributed by atoms with Gasteiger partial charge in [-0.2, -0.15) is 0 Å². The quantitative estimate of drug-likeness (QED) is 0.695. The highest BCUT2D eigenvalue weighted by Gasteiger charge is 2.11. The zero-order chi connectivity index (χ0) is 9.26. The lowest BCUT2D eigenvalue weighted by Gasteiger charge is -2.01. The molecular formula is C11H13NO. The molecule has 0 saturated carbocycles. The van der Waals surface area contributed by atoms with Crippen LogP contribution in [-0.2, 0) is 13.1 Å². The van der Waals surface area contributed by atoms with Gasteiger partial charge in [-0.25, -0.2) is 0 Å². The maximum atomic E-state index is 11.4. The fourth-order valence-electron chi connectivity index (χ4n) is 1.67. The Kier molecular flexibility index (Phi) is 2.15. The predicted octanol–water partition coefficient (Wildman–Crippen LogP) is 1.88. The molecule has 1 aliphatic rings. The summed E-state index contributed by atoms with van der Waals surface area (Å²) in [5.41, 5.74) is 3.46. The number of hydrogen-bond acceptors (Lipinski definition) is 2. The normalized spacial score (nSPS) is 14.2. The second-order valence-electron chi connectivity index (χ2n) is 3.36. The monoisotopic (exact) mass is 175 g/mol. The largest absolute Gasteiger partial charge is 0.309 e. The van der Waals surface area contributed by atoms with Crippen LogP contribution >= 0.6 is 0 Å². The van der Waals surface area contributed by atoms with E-state index < -0.39 is 0 Å². The van der Waals surface area contributed by atoms with Crippen molar-refractivity contribution in [3.05, 3.63) is 34.9 Å². The summed E-state index contributed by atoms with van der Waals surface area (Å²) in [7, 11) is 0. The van der Waals surface area contributed by atoms with Crippen molar-refractivity contribution in [2.24, 2.45) is 0 Å². The number of rotatable bonds is 2. The van der Waals surface area contributed by atoms with Crippen molar-refractivity contribution in [1.82, 2.24) is 5.32 Å². The van der Waals surface area contributed by atoms with E-state index in [9.17, 15) is 4.79 Å². The standard InChI is InChI=1S/C11H13NO/c1-2-11(13)8-3-4-9-6-12-7-10(9)5-8/h3-5,12H,2,6-7H2,1H3. The number of carbonyl (C=O) groups excluding carboxylic acids is 1. The van der Waals surface area contributed by atoms with E-state index in [1.165, 1.54) is 11.1 Å². The van der Waals surface area contributed by atoms with Gasteiger partial charge in [0.1, 0.15) is 0 Å². The van der Waals surface area contributed by atoms with Crippen molar-refractivity contribution >= 4 is 5.78 Å². The van der Waals surface area contributed by atoms with Crippen LogP contribution in [0.4, 0.5) is 0 Å². The van der Waals surface area contributed by atoms with Crippen LogP contribution in [0.5, 0.6) is 0 Å². The van der Waals surface area contributed by atoms with E-state index in [1.54, 1.807) is 0 Å². The Balaban J connectivity index is 2.36. The van der Waals surface area contributed by atoms with E-state index >= 15 is 0 Å². The van der Waals surface area contributed by atoms with Crippen LogP contribution in [0.2, 0.25) is 0 Å². The maximum Gasteiger partial charge on any atom is 0.162 e. The van der Waals surface area contributed by atoms with Gasteiger partial charge in [0.25, 0.3) is 0 Å². The van der Waals surface area contributed by atoms with Crippen molar-refractivity contribution in [3.8, 4) is 0 Å². The van der Waals surface area contributed by atoms with Gasteiger partial charge in [0.2, 0.25) is 0 Å². The molecule has 0 aromatic heterocycles. The Bertz CT molecular complexity index is 344. The van der Waals surface area contributed by atoms with E-state index in [0.29, 0.717) is 6.42 Å². The highest BCUT2D eigenvalue weighted by atomic mass is 16.1. The van der Waals surface area contributed by atoms with E-state index in [0.717, 1.165) is 18.7 Å². The molecule has 0 bridgehead atoms.